The Morgan fingerprint density at radius 3 is 2.67 bits per heavy atom. The van der Waals surface area contributed by atoms with Crippen molar-refractivity contribution < 1.29 is 23.8 Å². The fraction of sp³-hybridized carbons (Fsp3) is 0.0714. The van der Waals surface area contributed by atoms with Crippen LogP contribution in [0.25, 0.3) is 0 Å². The molecule has 0 saturated heterocycles. The summed E-state index contributed by atoms with van der Waals surface area (Å²) in [4.78, 5) is 26.4. The van der Waals surface area contributed by atoms with E-state index in [4.69, 9.17) is 9.84 Å². The monoisotopic (exact) mass is 290 g/mol. The van der Waals surface area contributed by atoms with Gasteiger partial charge in [-0.2, -0.15) is 0 Å². The highest BCUT2D eigenvalue weighted by molar-refractivity contribution is 6.04. The number of carboxylic acids is 1. The maximum atomic E-state index is 13.5. The molecule has 0 unspecified atom stereocenters. The standard InChI is InChI=1S/C14H11FN2O4/c1-21-12-3-2-8(6-10(12)15)13(18)17-9-4-5-16-11(7-9)14(19)20/h2-7H,1H3,(H,19,20)(H,16,17,18). The molecule has 0 bridgehead atoms. The molecule has 6 nitrogen and oxygen atoms in total. The number of anilines is 1. The molecule has 0 saturated carbocycles. The van der Waals surface area contributed by atoms with E-state index >= 15 is 0 Å². The Bertz CT molecular complexity index is 703. The van der Waals surface area contributed by atoms with Crippen LogP contribution in [-0.2, 0) is 0 Å². The summed E-state index contributed by atoms with van der Waals surface area (Å²) in [6.07, 6.45) is 1.26. The lowest BCUT2D eigenvalue weighted by Crippen LogP contribution is -2.13. The van der Waals surface area contributed by atoms with E-state index in [0.29, 0.717) is 0 Å². The van der Waals surface area contributed by atoms with Crippen LogP contribution in [-0.4, -0.2) is 29.1 Å². The Kier molecular flexibility index (Phi) is 4.13. The molecule has 1 aromatic heterocycles. The van der Waals surface area contributed by atoms with E-state index in [-0.39, 0.29) is 22.7 Å². The number of carbonyl (C=O) groups is 2. The predicted molar refractivity (Wildman–Crippen MR) is 72.1 cm³/mol. The number of aromatic carboxylic acids is 1. The molecule has 2 aromatic rings. The van der Waals surface area contributed by atoms with Gasteiger partial charge in [0, 0.05) is 17.4 Å². The highest BCUT2D eigenvalue weighted by atomic mass is 19.1. The zero-order valence-corrected chi connectivity index (χ0v) is 11.0. The van der Waals surface area contributed by atoms with E-state index in [9.17, 15) is 14.0 Å². The number of aromatic nitrogens is 1. The van der Waals surface area contributed by atoms with Gasteiger partial charge in [0.25, 0.3) is 5.91 Å². The van der Waals surface area contributed by atoms with Gasteiger partial charge < -0.3 is 15.2 Å². The lowest BCUT2D eigenvalue weighted by Gasteiger charge is -2.07. The number of ether oxygens (including phenoxy) is 1. The second-order valence-electron chi connectivity index (χ2n) is 4.04. The summed E-state index contributed by atoms with van der Waals surface area (Å²) < 4.78 is 18.3. The van der Waals surface area contributed by atoms with E-state index in [2.05, 4.69) is 10.3 Å². The molecule has 108 valence electrons. The first-order chi connectivity index (χ1) is 10.0. The zero-order valence-electron chi connectivity index (χ0n) is 11.0. The molecule has 7 heteroatoms. The average molecular weight is 290 g/mol. The number of methoxy groups -OCH3 is 1. The van der Waals surface area contributed by atoms with Gasteiger partial charge in [-0.25, -0.2) is 14.2 Å². The van der Waals surface area contributed by atoms with E-state index in [0.717, 1.165) is 6.07 Å². The molecule has 2 rings (SSSR count). The topological polar surface area (TPSA) is 88.5 Å². The molecule has 0 fully saturated rings. The van der Waals surface area contributed by atoms with E-state index in [1.54, 1.807) is 0 Å². The second kappa shape index (κ2) is 6.00. The van der Waals surface area contributed by atoms with Crippen molar-refractivity contribution in [3.63, 3.8) is 0 Å². The van der Waals surface area contributed by atoms with Gasteiger partial charge in [-0.1, -0.05) is 0 Å². The number of hydrogen-bond donors (Lipinski definition) is 2. The molecular weight excluding hydrogens is 279 g/mol. The summed E-state index contributed by atoms with van der Waals surface area (Å²) in [5, 5.41) is 11.3. The summed E-state index contributed by atoms with van der Waals surface area (Å²) in [5.41, 5.74) is 0.138. The van der Waals surface area contributed by atoms with Gasteiger partial charge in [0.15, 0.2) is 11.6 Å². The lowest BCUT2D eigenvalue weighted by atomic mass is 10.2. The summed E-state index contributed by atoms with van der Waals surface area (Å²) in [5.74, 6) is -2.41. The number of amides is 1. The quantitative estimate of drug-likeness (QED) is 0.901. The van der Waals surface area contributed by atoms with E-state index in [1.165, 1.54) is 37.6 Å². The van der Waals surface area contributed by atoms with Gasteiger partial charge in [0.2, 0.25) is 0 Å². The largest absolute Gasteiger partial charge is 0.494 e. The lowest BCUT2D eigenvalue weighted by molar-refractivity contribution is 0.0690. The minimum Gasteiger partial charge on any atom is -0.494 e. The van der Waals surface area contributed by atoms with Crippen LogP contribution in [0.5, 0.6) is 5.75 Å². The molecule has 0 aliphatic rings. The number of hydrogen-bond acceptors (Lipinski definition) is 4. The van der Waals surface area contributed by atoms with Crippen molar-refractivity contribution in [3.8, 4) is 5.75 Å². The first-order valence-electron chi connectivity index (χ1n) is 5.85. The van der Waals surface area contributed by atoms with E-state index < -0.39 is 17.7 Å². The SMILES string of the molecule is COc1ccc(C(=O)Nc2ccnc(C(=O)O)c2)cc1F. The third-order valence-electron chi connectivity index (χ3n) is 2.65. The van der Waals surface area contributed by atoms with Crippen LogP contribution < -0.4 is 10.1 Å². The predicted octanol–water partition coefficient (Wildman–Crippen LogP) is 2.18. The molecule has 1 aromatic carbocycles. The minimum atomic E-state index is -1.21. The highest BCUT2D eigenvalue weighted by Crippen LogP contribution is 2.18. The molecule has 0 spiro atoms. The van der Waals surface area contributed by atoms with Gasteiger partial charge >= 0.3 is 5.97 Å². The van der Waals surface area contributed by atoms with Gasteiger partial charge in [0.05, 0.1) is 7.11 Å². The number of rotatable bonds is 4. The minimum absolute atomic E-state index is 0.0311. The molecule has 1 heterocycles. The molecule has 1 amide bonds. The highest BCUT2D eigenvalue weighted by Gasteiger charge is 2.12. The summed E-state index contributed by atoms with van der Waals surface area (Å²) >= 11 is 0. The fourth-order valence-electron chi connectivity index (χ4n) is 1.64. The zero-order chi connectivity index (χ0) is 15.4. The van der Waals surface area contributed by atoms with Crippen LogP contribution in [0.2, 0.25) is 0 Å². The number of nitrogens with one attached hydrogen (secondary N) is 1. The van der Waals surface area contributed by atoms with E-state index in [1.807, 2.05) is 0 Å². The number of nitrogens with zero attached hydrogens (tertiary/aromatic N) is 1. The van der Waals surface area contributed by atoms with Crippen LogP contribution >= 0.6 is 0 Å². The number of halogens is 1. The fourth-order valence-corrected chi connectivity index (χ4v) is 1.64. The number of benzene rings is 1. The van der Waals surface area contributed by atoms with Crippen LogP contribution in [0, 0.1) is 5.82 Å². The molecule has 0 radical (unpaired) electrons. The van der Waals surface area contributed by atoms with Crippen molar-refractivity contribution in [3.05, 3.63) is 53.6 Å². The Morgan fingerprint density at radius 2 is 2.05 bits per heavy atom. The normalized spacial score (nSPS) is 10.0. The Labute approximate surface area is 119 Å². The van der Waals surface area contributed by atoms with Crippen LogP contribution in [0.3, 0.4) is 0 Å². The molecule has 0 atom stereocenters. The number of carboxylic acid groups (broad SMARTS) is 1. The Morgan fingerprint density at radius 1 is 1.29 bits per heavy atom. The Hall–Kier alpha value is -2.96. The Balaban J connectivity index is 2.20. The maximum Gasteiger partial charge on any atom is 0.354 e. The molecule has 21 heavy (non-hydrogen) atoms. The maximum absolute atomic E-state index is 13.5. The van der Waals surface area contributed by atoms with Crippen LogP contribution in [0.4, 0.5) is 10.1 Å². The second-order valence-corrected chi connectivity index (χ2v) is 4.04. The summed E-state index contributed by atoms with van der Waals surface area (Å²) in [7, 11) is 1.32. The summed E-state index contributed by atoms with van der Waals surface area (Å²) in [6.45, 7) is 0. The smallest absolute Gasteiger partial charge is 0.354 e. The molecular formula is C14H11FN2O4. The van der Waals surface area contributed by atoms with Crippen molar-refractivity contribution in [1.29, 1.82) is 0 Å². The van der Waals surface area contributed by atoms with Crippen LogP contribution in [0.15, 0.2) is 36.5 Å². The average Bonchev–Trinajstić information content (AvgIpc) is 2.47. The number of pyridine rings is 1. The van der Waals surface area contributed by atoms with Gasteiger partial charge in [0.1, 0.15) is 5.69 Å². The third-order valence-corrected chi connectivity index (χ3v) is 2.65. The van der Waals surface area contributed by atoms with Gasteiger partial charge in [-0.15, -0.1) is 0 Å². The first-order valence-corrected chi connectivity index (χ1v) is 5.85. The summed E-state index contributed by atoms with van der Waals surface area (Å²) in [6, 6.07) is 6.41. The van der Waals surface area contributed by atoms with Crippen molar-refractivity contribution in [2.45, 2.75) is 0 Å². The van der Waals surface area contributed by atoms with Crippen molar-refractivity contribution in [1.82, 2.24) is 4.98 Å². The van der Waals surface area contributed by atoms with Crippen molar-refractivity contribution in [2.75, 3.05) is 12.4 Å². The van der Waals surface area contributed by atoms with Gasteiger partial charge in [-0.05, 0) is 30.3 Å². The van der Waals surface area contributed by atoms with Crippen molar-refractivity contribution >= 4 is 17.6 Å². The third kappa shape index (κ3) is 3.33. The first kappa shape index (κ1) is 14.4. The molecule has 2 N–H and O–H groups in total. The number of carbonyl (C=O) groups excluding carboxylic acids is 1. The van der Waals surface area contributed by atoms with Crippen LogP contribution in [0.1, 0.15) is 20.8 Å². The molecule has 0 aliphatic carbocycles. The van der Waals surface area contributed by atoms with Crippen molar-refractivity contribution in [2.24, 2.45) is 0 Å². The van der Waals surface area contributed by atoms with Gasteiger partial charge in [-0.3, -0.25) is 4.79 Å². The molecule has 0 aliphatic heterocycles.